The standard InChI is InChI=1S/C22H39NO6/c1-2-3-4-5-6-7-8-9-16-23(17-10-13-20(24)25,18-11-14-21(26)27)19-12-15-22(28)29/h6-7H,2-5,8-19H2,1H3,(H2-,24,25,26,27,28,29)/b7-6+. The van der Waals surface area contributed by atoms with E-state index in [1.807, 2.05) is 0 Å². The van der Waals surface area contributed by atoms with E-state index in [0.29, 0.717) is 43.4 Å². The number of unbranched alkanes of at least 4 members (excludes halogenated alkanes) is 4. The van der Waals surface area contributed by atoms with Crippen LogP contribution in [0.1, 0.15) is 84.0 Å². The maximum atomic E-state index is 10.9. The van der Waals surface area contributed by atoms with Gasteiger partial charge < -0.3 is 24.6 Å². The number of quaternary nitrogens is 1. The highest BCUT2D eigenvalue weighted by Crippen LogP contribution is 2.17. The van der Waals surface area contributed by atoms with E-state index in [1.165, 1.54) is 19.3 Å². The number of rotatable bonds is 20. The molecule has 7 heteroatoms. The molecule has 7 nitrogen and oxygen atoms in total. The van der Waals surface area contributed by atoms with Crippen molar-refractivity contribution in [3.8, 4) is 0 Å². The highest BCUT2D eigenvalue weighted by Gasteiger charge is 2.26. The normalized spacial score (nSPS) is 11.8. The third kappa shape index (κ3) is 16.7. The molecule has 0 amide bonds. The van der Waals surface area contributed by atoms with Gasteiger partial charge in [-0.25, -0.2) is 0 Å². The van der Waals surface area contributed by atoms with Crippen LogP contribution < -0.4 is 5.11 Å². The fraction of sp³-hybridized carbons (Fsp3) is 0.773. The van der Waals surface area contributed by atoms with Crippen LogP contribution in [0.3, 0.4) is 0 Å². The molecule has 168 valence electrons. The lowest BCUT2D eigenvalue weighted by Gasteiger charge is -2.39. The molecule has 0 atom stereocenters. The summed E-state index contributed by atoms with van der Waals surface area (Å²) in [6.07, 6.45) is 12.5. The van der Waals surface area contributed by atoms with Gasteiger partial charge in [0.1, 0.15) is 0 Å². The van der Waals surface area contributed by atoms with Crippen molar-refractivity contribution in [3.63, 3.8) is 0 Å². The number of nitrogens with zero attached hydrogens (tertiary/aromatic N) is 1. The van der Waals surface area contributed by atoms with Gasteiger partial charge in [-0.05, 0) is 25.7 Å². The van der Waals surface area contributed by atoms with Crippen LogP contribution >= 0.6 is 0 Å². The van der Waals surface area contributed by atoms with E-state index in [9.17, 15) is 19.5 Å². The van der Waals surface area contributed by atoms with Crippen molar-refractivity contribution >= 4 is 17.9 Å². The summed E-state index contributed by atoms with van der Waals surface area (Å²) in [5, 5.41) is 28.7. The van der Waals surface area contributed by atoms with Gasteiger partial charge in [-0.2, -0.15) is 0 Å². The Labute approximate surface area is 175 Å². The van der Waals surface area contributed by atoms with E-state index in [1.54, 1.807) is 0 Å². The molecule has 2 N–H and O–H groups in total. The number of carbonyl (C=O) groups is 3. The van der Waals surface area contributed by atoms with Crippen LogP contribution in [-0.2, 0) is 14.4 Å². The Hall–Kier alpha value is -1.89. The van der Waals surface area contributed by atoms with Crippen LogP contribution in [0.2, 0.25) is 0 Å². The summed E-state index contributed by atoms with van der Waals surface area (Å²) in [6.45, 7) is 4.83. The van der Waals surface area contributed by atoms with Gasteiger partial charge in [0.15, 0.2) is 0 Å². The first-order valence-electron chi connectivity index (χ1n) is 10.9. The maximum absolute atomic E-state index is 10.9. The fourth-order valence-corrected chi connectivity index (χ4v) is 3.65. The van der Waals surface area contributed by atoms with E-state index in [2.05, 4.69) is 19.1 Å². The van der Waals surface area contributed by atoms with Crippen molar-refractivity contribution < 1.29 is 34.2 Å². The molecule has 0 aliphatic heterocycles. The molecule has 0 radical (unpaired) electrons. The van der Waals surface area contributed by atoms with Crippen LogP contribution in [0.5, 0.6) is 0 Å². The molecule has 0 saturated heterocycles. The van der Waals surface area contributed by atoms with Gasteiger partial charge in [0.25, 0.3) is 0 Å². The number of carbonyl (C=O) groups excluding carboxylic acids is 1. The minimum absolute atomic E-state index is 0.0325. The third-order valence-corrected chi connectivity index (χ3v) is 5.20. The smallest absolute Gasteiger partial charge is 0.303 e. The van der Waals surface area contributed by atoms with Gasteiger partial charge >= 0.3 is 11.9 Å². The van der Waals surface area contributed by atoms with Crippen molar-refractivity contribution in [3.05, 3.63) is 12.2 Å². The summed E-state index contributed by atoms with van der Waals surface area (Å²) in [5.74, 6) is -2.79. The lowest BCUT2D eigenvalue weighted by molar-refractivity contribution is -0.928. The molecule has 0 aromatic rings. The first kappa shape index (κ1) is 27.1. The Morgan fingerprint density at radius 2 is 1.17 bits per heavy atom. The molecule has 0 heterocycles. The van der Waals surface area contributed by atoms with Crippen molar-refractivity contribution in [2.24, 2.45) is 0 Å². The highest BCUT2D eigenvalue weighted by atomic mass is 16.4. The van der Waals surface area contributed by atoms with Gasteiger partial charge in [-0.1, -0.05) is 31.9 Å². The van der Waals surface area contributed by atoms with Gasteiger partial charge in [-0.3, -0.25) is 9.59 Å². The van der Waals surface area contributed by atoms with E-state index >= 15 is 0 Å². The maximum Gasteiger partial charge on any atom is 0.303 e. The third-order valence-electron chi connectivity index (χ3n) is 5.20. The zero-order chi connectivity index (χ0) is 22.0. The second kappa shape index (κ2) is 17.0. The summed E-state index contributed by atoms with van der Waals surface area (Å²) in [6, 6.07) is 0. The molecule has 0 fully saturated rings. The minimum atomic E-state index is -1.09. The van der Waals surface area contributed by atoms with Gasteiger partial charge in [0, 0.05) is 31.7 Å². The summed E-state index contributed by atoms with van der Waals surface area (Å²) >= 11 is 0. The van der Waals surface area contributed by atoms with Crippen molar-refractivity contribution in [2.45, 2.75) is 84.0 Å². The van der Waals surface area contributed by atoms with Crippen molar-refractivity contribution in [2.75, 3.05) is 26.2 Å². The first-order valence-corrected chi connectivity index (χ1v) is 10.9. The predicted octanol–water partition coefficient (Wildman–Crippen LogP) is 2.98. The Kier molecular flexibility index (Phi) is 15.9. The van der Waals surface area contributed by atoms with Crippen LogP contribution in [0, 0.1) is 0 Å². The Bertz CT molecular complexity index is 453. The molecule has 0 aliphatic rings. The number of carboxylic acids is 3. The topological polar surface area (TPSA) is 115 Å². The van der Waals surface area contributed by atoms with Crippen molar-refractivity contribution in [1.82, 2.24) is 0 Å². The average molecular weight is 414 g/mol. The lowest BCUT2D eigenvalue weighted by atomic mass is 10.1. The Morgan fingerprint density at radius 3 is 1.62 bits per heavy atom. The van der Waals surface area contributed by atoms with Gasteiger partial charge in [-0.15, -0.1) is 0 Å². The van der Waals surface area contributed by atoms with E-state index in [0.717, 1.165) is 25.8 Å². The average Bonchev–Trinajstić information content (AvgIpc) is 2.63. The summed E-state index contributed by atoms with van der Waals surface area (Å²) in [4.78, 5) is 32.7. The quantitative estimate of drug-likeness (QED) is 0.180. The highest BCUT2D eigenvalue weighted by molar-refractivity contribution is 5.66. The monoisotopic (exact) mass is 413 g/mol. The second-order valence-corrected chi connectivity index (χ2v) is 7.82. The van der Waals surface area contributed by atoms with Crippen LogP contribution in [0.25, 0.3) is 0 Å². The van der Waals surface area contributed by atoms with E-state index < -0.39 is 17.9 Å². The summed E-state index contributed by atoms with van der Waals surface area (Å²) in [7, 11) is 0. The minimum Gasteiger partial charge on any atom is -0.550 e. The number of carboxylic acid groups (broad SMARTS) is 3. The zero-order valence-electron chi connectivity index (χ0n) is 17.9. The molecule has 0 rings (SSSR count). The largest absolute Gasteiger partial charge is 0.550 e. The first-order chi connectivity index (χ1) is 13.8. The van der Waals surface area contributed by atoms with Gasteiger partial charge in [0.2, 0.25) is 0 Å². The molecule has 0 aromatic heterocycles. The SMILES string of the molecule is CCCCC/C=C/CCC[N+](CCCC(=O)[O-])(CCCC(=O)O)CCCC(=O)O. The molecule has 29 heavy (non-hydrogen) atoms. The van der Waals surface area contributed by atoms with E-state index in [4.69, 9.17) is 10.2 Å². The van der Waals surface area contributed by atoms with E-state index in [-0.39, 0.29) is 19.3 Å². The molecule has 0 saturated carbocycles. The summed E-state index contributed by atoms with van der Waals surface area (Å²) < 4.78 is 0.581. The van der Waals surface area contributed by atoms with Crippen molar-refractivity contribution in [1.29, 1.82) is 0 Å². The summed E-state index contributed by atoms with van der Waals surface area (Å²) in [5.41, 5.74) is 0. The zero-order valence-corrected chi connectivity index (χ0v) is 17.9. The molecular formula is C22H39NO6. The number of hydrogen-bond donors (Lipinski definition) is 2. The molecule has 0 bridgehead atoms. The second-order valence-electron chi connectivity index (χ2n) is 7.82. The number of allylic oxidation sites excluding steroid dienone is 2. The number of aliphatic carboxylic acids is 3. The van der Waals surface area contributed by atoms with Crippen LogP contribution in [-0.4, -0.2) is 58.8 Å². The molecule has 0 unspecified atom stereocenters. The fourth-order valence-electron chi connectivity index (χ4n) is 3.65. The Morgan fingerprint density at radius 1 is 0.724 bits per heavy atom. The van der Waals surface area contributed by atoms with Crippen LogP contribution in [0.15, 0.2) is 12.2 Å². The molecular weight excluding hydrogens is 374 g/mol. The molecule has 0 spiro atoms. The number of hydrogen-bond acceptors (Lipinski definition) is 4. The molecule has 0 aliphatic carbocycles. The predicted molar refractivity (Wildman–Crippen MR) is 110 cm³/mol. The molecule has 0 aromatic carbocycles. The Balaban J connectivity index is 4.85. The lowest BCUT2D eigenvalue weighted by Crippen LogP contribution is -2.51. The van der Waals surface area contributed by atoms with Gasteiger partial charge in [0.05, 0.1) is 39.0 Å². The van der Waals surface area contributed by atoms with Crippen LogP contribution in [0.4, 0.5) is 0 Å².